The van der Waals surface area contributed by atoms with Crippen LogP contribution in [0.4, 0.5) is 0 Å². The van der Waals surface area contributed by atoms with E-state index in [9.17, 15) is 0 Å². The molecule has 0 bridgehead atoms. The summed E-state index contributed by atoms with van der Waals surface area (Å²) in [6, 6.07) is 0. The lowest BCUT2D eigenvalue weighted by Crippen LogP contribution is -2.24. The van der Waals surface area contributed by atoms with Gasteiger partial charge < -0.3 is 9.73 Å². The molecule has 0 amide bonds. The molecule has 1 N–H and O–H groups in total. The highest BCUT2D eigenvalue weighted by atomic mass is 16.4. The molecule has 18 heavy (non-hydrogen) atoms. The van der Waals surface area contributed by atoms with Crippen LogP contribution in [0.3, 0.4) is 0 Å². The summed E-state index contributed by atoms with van der Waals surface area (Å²) in [6.45, 7) is 8.48. The van der Waals surface area contributed by atoms with E-state index in [0.29, 0.717) is 5.92 Å². The Kier molecular flexibility index (Phi) is 4.44. The van der Waals surface area contributed by atoms with Gasteiger partial charge in [-0.05, 0) is 25.3 Å². The van der Waals surface area contributed by atoms with Crippen LogP contribution < -0.4 is 5.32 Å². The lowest BCUT2D eigenvalue weighted by Gasteiger charge is -2.30. The largest absolute Gasteiger partial charge is 0.444 e. The van der Waals surface area contributed by atoms with Crippen molar-refractivity contribution in [3.05, 3.63) is 17.8 Å². The molecule has 3 heteroatoms. The fourth-order valence-corrected chi connectivity index (χ4v) is 2.72. The Morgan fingerprint density at radius 3 is 2.72 bits per heavy atom. The average molecular weight is 250 g/mol. The van der Waals surface area contributed by atoms with Gasteiger partial charge in [0.1, 0.15) is 5.76 Å². The number of nitrogens with one attached hydrogen (secondary N) is 1. The second-order valence-corrected chi connectivity index (χ2v) is 6.26. The van der Waals surface area contributed by atoms with Crippen LogP contribution >= 0.6 is 0 Å². The highest BCUT2D eigenvalue weighted by Crippen LogP contribution is 2.39. The molecule has 1 aliphatic carbocycles. The smallest absolute Gasteiger partial charge is 0.208 e. The standard InChI is InChI=1S/C15H26N2O/c1-12(2)9-16-11-14-17-10-13(18-14)15(3)7-5-4-6-8-15/h10,12,16H,4-9,11H2,1-3H3. The van der Waals surface area contributed by atoms with E-state index in [1.807, 2.05) is 6.20 Å². The molecule has 1 aromatic rings. The van der Waals surface area contributed by atoms with Gasteiger partial charge in [-0.25, -0.2) is 4.98 Å². The van der Waals surface area contributed by atoms with Crippen molar-refractivity contribution in [3.63, 3.8) is 0 Å². The van der Waals surface area contributed by atoms with E-state index in [2.05, 4.69) is 31.1 Å². The minimum atomic E-state index is 0.224. The molecule has 0 spiro atoms. The minimum absolute atomic E-state index is 0.224. The van der Waals surface area contributed by atoms with Crippen molar-refractivity contribution in [1.82, 2.24) is 10.3 Å². The molecule has 3 nitrogen and oxygen atoms in total. The maximum absolute atomic E-state index is 5.93. The lowest BCUT2D eigenvalue weighted by atomic mass is 9.74. The van der Waals surface area contributed by atoms with Gasteiger partial charge in [0.25, 0.3) is 0 Å². The summed E-state index contributed by atoms with van der Waals surface area (Å²) in [7, 11) is 0. The molecule has 2 rings (SSSR count). The van der Waals surface area contributed by atoms with E-state index in [-0.39, 0.29) is 5.41 Å². The number of oxazole rings is 1. The zero-order valence-electron chi connectivity index (χ0n) is 12.0. The Morgan fingerprint density at radius 2 is 2.06 bits per heavy atom. The van der Waals surface area contributed by atoms with Gasteiger partial charge in [0.15, 0.2) is 0 Å². The molecule has 102 valence electrons. The first-order valence-electron chi connectivity index (χ1n) is 7.26. The molecule has 1 saturated carbocycles. The predicted octanol–water partition coefficient (Wildman–Crippen LogP) is 3.64. The lowest BCUT2D eigenvalue weighted by molar-refractivity contribution is 0.259. The number of nitrogens with zero attached hydrogens (tertiary/aromatic N) is 1. The van der Waals surface area contributed by atoms with Gasteiger partial charge >= 0.3 is 0 Å². The van der Waals surface area contributed by atoms with Crippen molar-refractivity contribution in [2.75, 3.05) is 6.54 Å². The number of aromatic nitrogens is 1. The summed E-state index contributed by atoms with van der Waals surface area (Å²) < 4.78 is 5.93. The Morgan fingerprint density at radius 1 is 1.33 bits per heavy atom. The van der Waals surface area contributed by atoms with Gasteiger partial charge in [-0.2, -0.15) is 0 Å². The molecule has 0 saturated heterocycles. The van der Waals surface area contributed by atoms with Crippen LogP contribution in [0.25, 0.3) is 0 Å². The fraction of sp³-hybridized carbons (Fsp3) is 0.800. The van der Waals surface area contributed by atoms with Crippen molar-refractivity contribution >= 4 is 0 Å². The first kappa shape index (κ1) is 13.6. The molecule has 1 aliphatic rings. The molecule has 0 atom stereocenters. The number of rotatable bonds is 5. The maximum atomic E-state index is 5.93. The van der Waals surface area contributed by atoms with Gasteiger partial charge in [0.05, 0.1) is 12.7 Å². The fourth-order valence-electron chi connectivity index (χ4n) is 2.72. The molecule has 0 aromatic carbocycles. The van der Waals surface area contributed by atoms with E-state index in [1.54, 1.807) is 0 Å². The van der Waals surface area contributed by atoms with Crippen LogP contribution in [0.15, 0.2) is 10.6 Å². The summed E-state index contributed by atoms with van der Waals surface area (Å²) in [4.78, 5) is 4.40. The van der Waals surface area contributed by atoms with Crippen LogP contribution in [0.5, 0.6) is 0 Å². The van der Waals surface area contributed by atoms with Crippen molar-refractivity contribution < 1.29 is 4.42 Å². The van der Waals surface area contributed by atoms with Gasteiger partial charge in [0, 0.05) is 5.41 Å². The highest BCUT2D eigenvalue weighted by Gasteiger charge is 2.32. The maximum Gasteiger partial charge on any atom is 0.208 e. The van der Waals surface area contributed by atoms with E-state index >= 15 is 0 Å². The summed E-state index contributed by atoms with van der Waals surface area (Å²) in [5, 5.41) is 3.37. The second-order valence-electron chi connectivity index (χ2n) is 6.26. The average Bonchev–Trinajstić information content (AvgIpc) is 2.79. The third-order valence-corrected chi connectivity index (χ3v) is 3.93. The van der Waals surface area contributed by atoms with Crippen LogP contribution in [-0.4, -0.2) is 11.5 Å². The quantitative estimate of drug-likeness (QED) is 0.867. The van der Waals surface area contributed by atoms with E-state index in [0.717, 1.165) is 24.7 Å². The van der Waals surface area contributed by atoms with Crippen molar-refractivity contribution in [2.45, 2.75) is 64.8 Å². The Hall–Kier alpha value is -0.830. The first-order chi connectivity index (χ1) is 8.60. The molecular weight excluding hydrogens is 224 g/mol. The van der Waals surface area contributed by atoms with Crippen LogP contribution in [-0.2, 0) is 12.0 Å². The zero-order chi connectivity index (χ0) is 13.0. The Balaban J connectivity index is 1.92. The number of hydrogen-bond acceptors (Lipinski definition) is 3. The third kappa shape index (κ3) is 3.35. The van der Waals surface area contributed by atoms with Crippen molar-refractivity contribution in [2.24, 2.45) is 5.92 Å². The molecular formula is C15H26N2O. The monoisotopic (exact) mass is 250 g/mol. The van der Waals surface area contributed by atoms with Gasteiger partial charge in [-0.15, -0.1) is 0 Å². The van der Waals surface area contributed by atoms with Crippen LogP contribution in [0.1, 0.15) is 64.5 Å². The van der Waals surface area contributed by atoms with Crippen LogP contribution in [0, 0.1) is 5.92 Å². The first-order valence-corrected chi connectivity index (χ1v) is 7.26. The molecule has 0 aliphatic heterocycles. The van der Waals surface area contributed by atoms with Crippen molar-refractivity contribution in [3.8, 4) is 0 Å². The minimum Gasteiger partial charge on any atom is -0.444 e. The Bertz CT molecular complexity index is 364. The zero-order valence-corrected chi connectivity index (χ0v) is 12.0. The molecule has 1 fully saturated rings. The summed E-state index contributed by atoms with van der Waals surface area (Å²) >= 11 is 0. The van der Waals surface area contributed by atoms with Gasteiger partial charge in [-0.3, -0.25) is 0 Å². The second kappa shape index (κ2) is 5.87. The Labute approximate surface area is 110 Å². The van der Waals surface area contributed by atoms with Gasteiger partial charge in [-0.1, -0.05) is 40.0 Å². The van der Waals surface area contributed by atoms with Gasteiger partial charge in [0.2, 0.25) is 5.89 Å². The third-order valence-electron chi connectivity index (χ3n) is 3.93. The van der Waals surface area contributed by atoms with E-state index in [1.165, 1.54) is 32.1 Å². The summed E-state index contributed by atoms with van der Waals surface area (Å²) in [5.41, 5.74) is 0.224. The van der Waals surface area contributed by atoms with E-state index in [4.69, 9.17) is 4.42 Å². The molecule has 1 aromatic heterocycles. The normalized spacial score (nSPS) is 19.3. The predicted molar refractivity (Wildman–Crippen MR) is 73.5 cm³/mol. The summed E-state index contributed by atoms with van der Waals surface area (Å²) in [6.07, 6.45) is 8.42. The van der Waals surface area contributed by atoms with Crippen LogP contribution in [0.2, 0.25) is 0 Å². The highest BCUT2D eigenvalue weighted by molar-refractivity contribution is 5.10. The SMILES string of the molecule is CC(C)CNCc1ncc(C2(C)CCCCC2)o1. The number of hydrogen-bond donors (Lipinski definition) is 1. The topological polar surface area (TPSA) is 38.1 Å². The summed E-state index contributed by atoms with van der Waals surface area (Å²) in [5.74, 6) is 2.58. The molecule has 0 unspecified atom stereocenters. The molecule has 0 radical (unpaired) electrons. The van der Waals surface area contributed by atoms with Crippen molar-refractivity contribution in [1.29, 1.82) is 0 Å². The van der Waals surface area contributed by atoms with E-state index < -0.39 is 0 Å². The molecule has 1 heterocycles.